The van der Waals surface area contributed by atoms with Crippen molar-refractivity contribution in [3.8, 4) is 11.3 Å². The Morgan fingerprint density at radius 2 is 1.85 bits per heavy atom. The number of nitrogens with one attached hydrogen (secondary N) is 4. The summed E-state index contributed by atoms with van der Waals surface area (Å²) in [6.45, 7) is 5.38. The van der Waals surface area contributed by atoms with E-state index >= 15 is 0 Å². The van der Waals surface area contributed by atoms with Gasteiger partial charge in [0.05, 0.1) is 10.7 Å². The largest absolute Gasteiger partial charge is 0.444 e. The summed E-state index contributed by atoms with van der Waals surface area (Å²) in [5, 5.41) is 13.8. The van der Waals surface area contributed by atoms with Gasteiger partial charge in [0.1, 0.15) is 11.3 Å². The number of fused-ring (bicyclic) bond motifs is 1. The van der Waals surface area contributed by atoms with E-state index in [-0.39, 0.29) is 5.91 Å². The quantitative estimate of drug-likeness (QED) is 0.239. The predicted molar refractivity (Wildman–Crippen MR) is 133 cm³/mol. The smallest absolute Gasteiger partial charge is 0.412 e. The number of carbonyl (C=O) groups excluding carboxylic acids is 2. The summed E-state index contributed by atoms with van der Waals surface area (Å²) >= 11 is 9.69. The first-order chi connectivity index (χ1) is 15.6. The van der Waals surface area contributed by atoms with Crippen molar-refractivity contribution in [2.45, 2.75) is 26.4 Å². The van der Waals surface area contributed by atoms with E-state index < -0.39 is 11.7 Å². The van der Waals surface area contributed by atoms with Gasteiger partial charge in [-0.05, 0) is 63.2 Å². The zero-order chi connectivity index (χ0) is 23.8. The summed E-state index contributed by atoms with van der Waals surface area (Å²) < 4.78 is 6.14. The first kappa shape index (κ1) is 22.9. The van der Waals surface area contributed by atoms with Gasteiger partial charge in [0.15, 0.2) is 5.82 Å². The van der Waals surface area contributed by atoms with E-state index in [2.05, 4.69) is 41.7 Å². The van der Waals surface area contributed by atoms with Gasteiger partial charge in [-0.3, -0.25) is 15.2 Å². The number of halogens is 2. The van der Waals surface area contributed by atoms with Crippen molar-refractivity contribution in [2.24, 2.45) is 0 Å². The van der Waals surface area contributed by atoms with Crippen LogP contribution in [0.3, 0.4) is 0 Å². The van der Waals surface area contributed by atoms with Crippen molar-refractivity contribution in [1.29, 1.82) is 0 Å². The van der Waals surface area contributed by atoms with Gasteiger partial charge < -0.3 is 15.0 Å². The molecular formula is C23H21BrClN5O3. The molecule has 0 unspecified atom stereocenters. The van der Waals surface area contributed by atoms with Gasteiger partial charge in [-0.1, -0.05) is 27.5 Å². The first-order valence-electron chi connectivity index (χ1n) is 10.0. The standard InChI is InChI=1S/C23H21BrClN5O3/c1-23(2,3)33-22(32)26-14-5-7-17-12(8-14)9-19(27-17)21(31)28-20-11-18(29-30-20)15-10-13(24)4-6-16(15)25/h4-11,27H,1-3H3,(H,26,32)(H2,28,29,30,31). The monoisotopic (exact) mass is 529 g/mol. The second kappa shape index (κ2) is 8.92. The highest BCUT2D eigenvalue weighted by Gasteiger charge is 2.17. The van der Waals surface area contributed by atoms with E-state index in [0.717, 1.165) is 20.9 Å². The van der Waals surface area contributed by atoms with Crippen LogP contribution in [0.25, 0.3) is 22.2 Å². The Labute approximate surface area is 203 Å². The maximum atomic E-state index is 12.8. The average Bonchev–Trinajstić information content (AvgIpc) is 3.35. The van der Waals surface area contributed by atoms with E-state index in [4.69, 9.17) is 16.3 Å². The van der Waals surface area contributed by atoms with Crippen molar-refractivity contribution in [2.75, 3.05) is 10.6 Å². The molecule has 4 aromatic rings. The summed E-state index contributed by atoms with van der Waals surface area (Å²) in [5.41, 5.74) is 2.50. The molecule has 0 atom stereocenters. The number of nitrogens with zero attached hydrogens (tertiary/aromatic N) is 1. The number of ether oxygens (including phenoxy) is 1. The lowest BCUT2D eigenvalue weighted by molar-refractivity contribution is 0.0635. The second-order valence-corrected chi connectivity index (χ2v) is 9.68. The van der Waals surface area contributed by atoms with Gasteiger partial charge in [0.25, 0.3) is 5.91 Å². The number of aromatic nitrogens is 3. The fourth-order valence-electron chi connectivity index (χ4n) is 3.17. The predicted octanol–water partition coefficient (Wildman–Crippen LogP) is 6.57. The van der Waals surface area contributed by atoms with E-state index in [1.807, 2.05) is 12.1 Å². The minimum Gasteiger partial charge on any atom is -0.444 e. The molecule has 0 aliphatic heterocycles. The summed E-state index contributed by atoms with van der Waals surface area (Å²) in [4.78, 5) is 27.8. The topological polar surface area (TPSA) is 112 Å². The molecule has 0 spiro atoms. The molecule has 2 aromatic carbocycles. The highest BCUT2D eigenvalue weighted by atomic mass is 79.9. The molecule has 0 saturated heterocycles. The van der Waals surface area contributed by atoms with Gasteiger partial charge in [-0.2, -0.15) is 5.10 Å². The van der Waals surface area contributed by atoms with Gasteiger partial charge in [-0.15, -0.1) is 0 Å². The molecule has 2 heterocycles. The zero-order valence-corrected chi connectivity index (χ0v) is 20.4. The van der Waals surface area contributed by atoms with Crippen molar-refractivity contribution in [3.05, 3.63) is 63.7 Å². The molecule has 2 aromatic heterocycles. The van der Waals surface area contributed by atoms with Crippen LogP contribution in [0, 0.1) is 0 Å². The number of carbonyl (C=O) groups is 2. The van der Waals surface area contributed by atoms with Crippen LogP contribution in [-0.2, 0) is 4.74 Å². The molecule has 10 heteroatoms. The third-order valence-electron chi connectivity index (χ3n) is 4.55. The Kier molecular flexibility index (Phi) is 6.18. The molecule has 170 valence electrons. The fraction of sp³-hybridized carbons (Fsp3) is 0.174. The summed E-state index contributed by atoms with van der Waals surface area (Å²) in [6, 6.07) is 14.1. The Hall–Kier alpha value is -3.30. The molecule has 2 amide bonds. The van der Waals surface area contributed by atoms with Crippen LogP contribution in [0.5, 0.6) is 0 Å². The maximum Gasteiger partial charge on any atom is 0.412 e. The van der Waals surface area contributed by atoms with Crippen LogP contribution in [0.1, 0.15) is 31.3 Å². The number of hydrogen-bond donors (Lipinski definition) is 4. The number of aromatic amines is 2. The maximum absolute atomic E-state index is 12.8. The third kappa shape index (κ3) is 5.55. The molecule has 0 aliphatic carbocycles. The molecule has 0 aliphatic rings. The van der Waals surface area contributed by atoms with E-state index in [1.54, 1.807) is 57.2 Å². The van der Waals surface area contributed by atoms with Crippen molar-refractivity contribution in [1.82, 2.24) is 15.2 Å². The number of rotatable bonds is 4. The van der Waals surface area contributed by atoms with Crippen LogP contribution >= 0.6 is 27.5 Å². The van der Waals surface area contributed by atoms with Crippen LogP contribution in [0.15, 0.2) is 53.0 Å². The van der Waals surface area contributed by atoms with Gasteiger partial charge in [0, 0.05) is 32.7 Å². The number of anilines is 2. The van der Waals surface area contributed by atoms with Crippen LogP contribution < -0.4 is 10.6 Å². The number of amides is 2. The summed E-state index contributed by atoms with van der Waals surface area (Å²) in [6.07, 6.45) is -0.546. The summed E-state index contributed by atoms with van der Waals surface area (Å²) in [5.74, 6) is 0.00298. The first-order valence-corrected chi connectivity index (χ1v) is 11.2. The summed E-state index contributed by atoms with van der Waals surface area (Å²) in [7, 11) is 0. The minimum absolute atomic E-state index is 0.351. The lowest BCUT2D eigenvalue weighted by Crippen LogP contribution is -2.27. The van der Waals surface area contributed by atoms with E-state index in [0.29, 0.717) is 27.9 Å². The number of benzene rings is 2. The normalized spacial score (nSPS) is 11.4. The highest BCUT2D eigenvalue weighted by Crippen LogP contribution is 2.30. The van der Waals surface area contributed by atoms with Gasteiger partial charge in [0.2, 0.25) is 0 Å². The highest BCUT2D eigenvalue weighted by molar-refractivity contribution is 9.10. The van der Waals surface area contributed by atoms with Crippen molar-refractivity contribution in [3.63, 3.8) is 0 Å². The molecule has 0 bridgehead atoms. The zero-order valence-electron chi connectivity index (χ0n) is 18.0. The Morgan fingerprint density at radius 3 is 2.61 bits per heavy atom. The lowest BCUT2D eigenvalue weighted by Gasteiger charge is -2.19. The van der Waals surface area contributed by atoms with Gasteiger partial charge >= 0.3 is 6.09 Å². The molecule has 33 heavy (non-hydrogen) atoms. The number of H-pyrrole nitrogens is 2. The van der Waals surface area contributed by atoms with Gasteiger partial charge in [-0.25, -0.2) is 4.79 Å². The third-order valence-corrected chi connectivity index (χ3v) is 5.37. The fourth-order valence-corrected chi connectivity index (χ4v) is 3.75. The van der Waals surface area contributed by atoms with E-state index in [1.165, 1.54) is 0 Å². The average molecular weight is 531 g/mol. The molecule has 0 radical (unpaired) electrons. The molecule has 0 saturated carbocycles. The van der Waals surface area contributed by atoms with Crippen molar-refractivity contribution < 1.29 is 14.3 Å². The molecule has 4 N–H and O–H groups in total. The Bertz CT molecular complexity index is 1360. The Balaban J connectivity index is 1.48. The van der Waals surface area contributed by atoms with E-state index in [9.17, 15) is 9.59 Å². The molecular weight excluding hydrogens is 510 g/mol. The van der Waals surface area contributed by atoms with Crippen LogP contribution in [-0.4, -0.2) is 32.8 Å². The van der Waals surface area contributed by atoms with Crippen LogP contribution in [0.4, 0.5) is 16.3 Å². The molecule has 8 nitrogen and oxygen atoms in total. The molecule has 0 fully saturated rings. The Morgan fingerprint density at radius 1 is 1.06 bits per heavy atom. The van der Waals surface area contributed by atoms with Crippen LogP contribution in [0.2, 0.25) is 5.02 Å². The SMILES string of the molecule is CC(C)(C)OC(=O)Nc1ccc2[nH]c(C(=O)Nc3cc(-c4cc(Br)ccc4Cl)[nH]n3)cc2c1. The van der Waals surface area contributed by atoms with Crippen molar-refractivity contribution >= 4 is 61.9 Å². The second-order valence-electron chi connectivity index (χ2n) is 8.36. The lowest BCUT2D eigenvalue weighted by atomic mass is 10.1. The minimum atomic E-state index is -0.595. The molecule has 4 rings (SSSR count). The number of hydrogen-bond acceptors (Lipinski definition) is 4.